The van der Waals surface area contributed by atoms with Gasteiger partial charge in [0, 0.05) is 17.3 Å². The molecule has 0 fully saturated rings. The first-order valence-corrected chi connectivity index (χ1v) is 8.16. The molecule has 0 aliphatic carbocycles. The minimum atomic E-state index is 0.485. The van der Waals surface area contributed by atoms with E-state index in [4.69, 9.17) is 4.74 Å². The van der Waals surface area contributed by atoms with Gasteiger partial charge in [-0.2, -0.15) is 5.10 Å². The number of para-hydroxylation sites is 1. The summed E-state index contributed by atoms with van der Waals surface area (Å²) in [4.78, 5) is 0. The molecule has 2 aromatic carbocycles. The number of nitrogens with zero attached hydrogens (tertiary/aromatic N) is 2. The summed E-state index contributed by atoms with van der Waals surface area (Å²) >= 11 is 3.46. The van der Waals surface area contributed by atoms with Crippen LogP contribution < -0.4 is 4.74 Å². The fourth-order valence-electron chi connectivity index (χ4n) is 2.41. The third kappa shape index (κ3) is 2.95. The van der Waals surface area contributed by atoms with Gasteiger partial charge in [0.05, 0.1) is 5.52 Å². The van der Waals surface area contributed by atoms with E-state index in [9.17, 15) is 0 Å². The van der Waals surface area contributed by atoms with Crippen LogP contribution in [-0.4, -0.2) is 9.78 Å². The molecule has 1 aromatic heterocycles. The van der Waals surface area contributed by atoms with Crippen molar-refractivity contribution < 1.29 is 4.74 Å². The third-order valence-corrected chi connectivity index (χ3v) is 4.11. The Morgan fingerprint density at radius 2 is 2.00 bits per heavy atom. The Hall–Kier alpha value is -1.81. The fraction of sp³-hybridized carbons (Fsp3) is 0.235. The lowest BCUT2D eigenvalue weighted by molar-refractivity contribution is 0.300. The summed E-state index contributed by atoms with van der Waals surface area (Å²) in [5.41, 5.74) is 3.35. The normalized spacial score (nSPS) is 11.0. The Balaban J connectivity index is 1.85. The van der Waals surface area contributed by atoms with E-state index in [1.807, 2.05) is 35.0 Å². The van der Waals surface area contributed by atoms with Gasteiger partial charge in [-0.3, -0.25) is 4.68 Å². The van der Waals surface area contributed by atoms with Crippen molar-refractivity contribution in [2.24, 2.45) is 0 Å². The zero-order valence-electron chi connectivity index (χ0n) is 11.9. The number of aromatic nitrogens is 2. The first kappa shape index (κ1) is 14.1. The number of alkyl halides is 1. The molecule has 0 spiro atoms. The highest BCUT2D eigenvalue weighted by molar-refractivity contribution is 9.08. The smallest absolute Gasteiger partial charge is 0.133 e. The molecule has 0 radical (unpaired) electrons. The molecule has 0 saturated heterocycles. The minimum Gasteiger partial charge on any atom is -0.487 e. The number of hydrogen-bond acceptors (Lipinski definition) is 2. The Morgan fingerprint density at radius 1 is 1.14 bits per heavy atom. The van der Waals surface area contributed by atoms with Gasteiger partial charge in [-0.1, -0.05) is 46.3 Å². The molecule has 0 bridgehead atoms. The van der Waals surface area contributed by atoms with Crippen molar-refractivity contribution in [2.45, 2.75) is 25.4 Å². The number of aryl methyl sites for hydroxylation is 1. The average Bonchev–Trinajstić information content (AvgIpc) is 2.91. The monoisotopic (exact) mass is 344 g/mol. The van der Waals surface area contributed by atoms with E-state index >= 15 is 0 Å². The quantitative estimate of drug-likeness (QED) is 0.635. The minimum absolute atomic E-state index is 0.485. The van der Waals surface area contributed by atoms with E-state index in [-0.39, 0.29) is 0 Å². The van der Waals surface area contributed by atoms with Crippen molar-refractivity contribution >= 4 is 26.8 Å². The molecular formula is C17H17BrN2O. The molecule has 0 unspecified atom stereocenters. The van der Waals surface area contributed by atoms with Crippen molar-refractivity contribution in [3.05, 3.63) is 59.8 Å². The van der Waals surface area contributed by atoms with Gasteiger partial charge in [0.15, 0.2) is 0 Å². The lowest BCUT2D eigenvalue weighted by Crippen LogP contribution is -2.00. The zero-order chi connectivity index (χ0) is 14.7. The number of ether oxygens (including phenoxy) is 1. The lowest BCUT2D eigenvalue weighted by atomic mass is 10.2. The fourth-order valence-corrected chi connectivity index (χ4v) is 2.76. The number of hydrogen-bond donors (Lipinski definition) is 0. The van der Waals surface area contributed by atoms with Crippen LogP contribution in [0.1, 0.15) is 18.2 Å². The summed E-state index contributed by atoms with van der Waals surface area (Å²) in [6.07, 6.45) is 0. The van der Waals surface area contributed by atoms with Crippen LogP contribution in [0.3, 0.4) is 0 Å². The number of fused-ring (bicyclic) bond motifs is 1. The molecule has 0 aliphatic heterocycles. The predicted molar refractivity (Wildman–Crippen MR) is 88.8 cm³/mol. The van der Waals surface area contributed by atoms with Gasteiger partial charge in [0.25, 0.3) is 0 Å². The van der Waals surface area contributed by atoms with Crippen LogP contribution in [0.5, 0.6) is 5.75 Å². The van der Waals surface area contributed by atoms with Crippen LogP contribution in [0, 0.1) is 0 Å². The SMILES string of the molecule is CCn1nc(COc2cccc(CBr)c2)c2ccccc21. The molecule has 0 amide bonds. The zero-order valence-corrected chi connectivity index (χ0v) is 13.5. The molecule has 0 atom stereocenters. The molecule has 3 nitrogen and oxygen atoms in total. The van der Waals surface area contributed by atoms with E-state index in [0.29, 0.717) is 6.61 Å². The van der Waals surface area contributed by atoms with Crippen LogP contribution in [0.15, 0.2) is 48.5 Å². The van der Waals surface area contributed by atoms with Gasteiger partial charge in [0.1, 0.15) is 18.1 Å². The molecule has 0 aliphatic rings. The summed E-state index contributed by atoms with van der Waals surface area (Å²) in [6, 6.07) is 16.4. The molecule has 21 heavy (non-hydrogen) atoms. The maximum absolute atomic E-state index is 5.90. The van der Waals surface area contributed by atoms with Gasteiger partial charge in [-0.25, -0.2) is 0 Å². The second-order valence-corrected chi connectivity index (χ2v) is 5.41. The Bertz CT molecular complexity index is 751. The van der Waals surface area contributed by atoms with Crippen LogP contribution in [0.2, 0.25) is 0 Å². The topological polar surface area (TPSA) is 27.1 Å². The Morgan fingerprint density at radius 3 is 2.81 bits per heavy atom. The molecule has 0 N–H and O–H groups in total. The largest absolute Gasteiger partial charge is 0.487 e. The first-order chi connectivity index (χ1) is 10.3. The molecule has 0 saturated carbocycles. The summed E-state index contributed by atoms with van der Waals surface area (Å²) in [5, 5.41) is 6.64. The van der Waals surface area contributed by atoms with Crippen molar-refractivity contribution in [1.29, 1.82) is 0 Å². The van der Waals surface area contributed by atoms with Crippen LogP contribution in [-0.2, 0) is 18.5 Å². The molecule has 3 rings (SSSR count). The van der Waals surface area contributed by atoms with Crippen molar-refractivity contribution in [3.8, 4) is 5.75 Å². The molecule has 1 heterocycles. The maximum Gasteiger partial charge on any atom is 0.133 e. The summed E-state index contributed by atoms with van der Waals surface area (Å²) < 4.78 is 7.92. The summed E-state index contributed by atoms with van der Waals surface area (Å²) in [7, 11) is 0. The van der Waals surface area contributed by atoms with Crippen LogP contribution in [0.4, 0.5) is 0 Å². The molecule has 3 aromatic rings. The second-order valence-electron chi connectivity index (χ2n) is 4.85. The molecule has 108 valence electrons. The number of rotatable bonds is 5. The highest BCUT2D eigenvalue weighted by Crippen LogP contribution is 2.21. The van der Waals surface area contributed by atoms with E-state index in [2.05, 4.69) is 46.2 Å². The summed E-state index contributed by atoms with van der Waals surface area (Å²) in [5.74, 6) is 0.877. The lowest BCUT2D eigenvalue weighted by Gasteiger charge is -2.05. The molecule has 4 heteroatoms. The Labute approximate surface area is 132 Å². The van der Waals surface area contributed by atoms with E-state index < -0.39 is 0 Å². The Kier molecular flexibility index (Phi) is 4.25. The maximum atomic E-state index is 5.90. The standard InChI is InChI=1S/C17H17BrN2O/c1-2-20-17-9-4-3-8-15(17)16(19-20)12-21-14-7-5-6-13(10-14)11-18/h3-10H,2,11-12H2,1H3. The summed E-state index contributed by atoms with van der Waals surface area (Å²) in [6.45, 7) is 3.45. The first-order valence-electron chi connectivity index (χ1n) is 7.04. The predicted octanol–water partition coefficient (Wildman–Crippen LogP) is 4.53. The van der Waals surface area contributed by atoms with E-state index in [0.717, 1.165) is 34.2 Å². The van der Waals surface area contributed by atoms with Crippen molar-refractivity contribution in [2.75, 3.05) is 0 Å². The van der Waals surface area contributed by atoms with Crippen LogP contribution in [0.25, 0.3) is 10.9 Å². The highest BCUT2D eigenvalue weighted by Gasteiger charge is 2.09. The van der Waals surface area contributed by atoms with Crippen molar-refractivity contribution in [1.82, 2.24) is 9.78 Å². The number of halogens is 1. The van der Waals surface area contributed by atoms with Gasteiger partial charge in [0.2, 0.25) is 0 Å². The third-order valence-electron chi connectivity index (χ3n) is 3.46. The van der Waals surface area contributed by atoms with Crippen LogP contribution >= 0.6 is 15.9 Å². The van der Waals surface area contributed by atoms with Crippen molar-refractivity contribution in [3.63, 3.8) is 0 Å². The number of benzene rings is 2. The average molecular weight is 345 g/mol. The second kappa shape index (κ2) is 6.31. The van der Waals surface area contributed by atoms with E-state index in [1.54, 1.807) is 0 Å². The van der Waals surface area contributed by atoms with Gasteiger partial charge in [-0.05, 0) is 30.7 Å². The van der Waals surface area contributed by atoms with Gasteiger partial charge in [-0.15, -0.1) is 0 Å². The van der Waals surface area contributed by atoms with Gasteiger partial charge < -0.3 is 4.74 Å². The molecular weight excluding hydrogens is 328 g/mol. The van der Waals surface area contributed by atoms with E-state index in [1.165, 1.54) is 5.56 Å². The highest BCUT2D eigenvalue weighted by atomic mass is 79.9. The van der Waals surface area contributed by atoms with Gasteiger partial charge >= 0.3 is 0 Å².